The summed E-state index contributed by atoms with van der Waals surface area (Å²) in [6.07, 6.45) is -31.5. The zero-order chi connectivity index (χ0) is 38.6. The Morgan fingerprint density at radius 1 is 0.480 bits per heavy atom. The van der Waals surface area contributed by atoms with Crippen LogP contribution in [0.2, 0.25) is 0 Å². The van der Waals surface area contributed by atoms with Crippen molar-refractivity contribution in [3.05, 3.63) is 69.3 Å². The van der Waals surface area contributed by atoms with E-state index < -0.39 is 143 Å². The third kappa shape index (κ3) is 7.20. The Morgan fingerprint density at radius 2 is 0.720 bits per heavy atom. The van der Waals surface area contributed by atoms with E-state index in [1.165, 1.54) is 0 Å². The number of carbonyl (C=O) groups excluding carboxylic acids is 2. The van der Waals surface area contributed by atoms with E-state index in [-0.39, 0.29) is 0 Å². The van der Waals surface area contributed by atoms with Crippen LogP contribution in [0.3, 0.4) is 0 Å². The average Bonchev–Trinajstić information content (AvgIpc) is 3.01. The van der Waals surface area contributed by atoms with Crippen LogP contribution < -0.4 is 0 Å². The monoisotopic (exact) mass is 772 g/mol. The first kappa shape index (κ1) is 40.3. The first-order chi connectivity index (χ1) is 22.6. The van der Waals surface area contributed by atoms with Crippen molar-refractivity contribution >= 4 is 11.9 Å². The molecule has 26 heteroatoms. The molecule has 1 aliphatic heterocycles. The van der Waals surface area contributed by atoms with Gasteiger partial charge in [0.05, 0.1) is 13.2 Å². The maximum atomic E-state index is 15.1. The first-order valence-electron chi connectivity index (χ1n) is 12.2. The highest BCUT2D eigenvalue weighted by Gasteiger charge is 2.68. The second kappa shape index (κ2) is 13.6. The summed E-state index contributed by atoms with van der Waals surface area (Å²) in [6.45, 7) is -4.07. The second-order valence-electron chi connectivity index (χ2n) is 9.54. The fourth-order valence-electron chi connectivity index (χ4n) is 3.93. The standard InChI is InChI=1S/C24H8F20O6/c25-7-5(8(26)12(30)15(33)11(7)29)17(45)49-19(23(39,40)41)21(35,36)3-1-47-2-4(48-3)22(37,38)20(24(42,43)44)50-18(46)6-9(27)13(31)16(34)14(32)10(6)28/h3-4,19-20H,1-2H2. The van der Waals surface area contributed by atoms with Crippen LogP contribution in [0.25, 0.3) is 0 Å². The number of esters is 2. The maximum Gasteiger partial charge on any atom is 0.431 e. The van der Waals surface area contributed by atoms with E-state index in [2.05, 4.69) is 18.9 Å². The van der Waals surface area contributed by atoms with Gasteiger partial charge in [0.15, 0.2) is 46.5 Å². The summed E-state index contributed by atoms with van der Waals surface area (Å²) >= 11 is 0. The maximum absolute atomic E-state index is 15.1. The largest absolute Gasteiger partial charge is 0.442 e. The van der Waals surface area contributed by atoms with Crippen molar-refractivity contribution in [2.45, 2.75) is 48.6 Å². The fraction of sp³-hybridized carbons (Fsp3) is 0.417. The molecular formula is C24H8F20O6. The van der Waals surface area contributed by atoms with Gasteiger partial charge in [-0.05, 0) is 0 Å². The molecule has 3 rings (SSSR count). The fourth-order valence-corrected chi connectivity index (χ4v) is 3.93. The minimum Gasteiger partial charge on any atom is -0.442 e. The van der Waals surface area contributed by atoms with E-state index in [0.717, 1.165) is 0 Å². The van der Waals surface area contributed by atoms with Crippen molar-refractivity contribution in [3.8, 4) is 0 Å². The predicted octanol–water partition coefficient (Wildman–Crippen LogP) is 7.01. The van der Waals surface area contributed by atoms with Gasteiger partial charge in [0.2, 0.25) is 11.6 Å². The van der Waals surface area contributed by atoms with E-state index in [1.54, 1.807) is 0 Å². The van der Waals surface area contributed by atoms with Gasteiger partial charge < -0.3 is 18.9 Å². The van der Waals surface area contributed by atoms with Crippen LogP contribution in [0.4, 0.5) is 87.8 Å². The Balaban J connectivity index is 1.98. The molecule has 1 fully saturated rings. The summed E-state index contributed by atoms with van der Waals surface area (Å²) < 4.78 is 292. The highest BCUT2D eigenvalue weighted by Crippen LogP contribution is 2.44. The molecule has 0 amide bonds. The molecule has 4 atom stereocenters. The molecule has 1 heterocycles. The van der Waals surface area contributed by atoms with Crippen LogP contribution >= 0.6 is 0 Å². The molecular weight excluding hydrogens is 764 g/mol. The molecule has 50 heavy (non-hydrogen) atoms. The van der Waals surface area contributed by atoms with Gasteiger partial charge in [-0.3, -0.25) is 0 Å². The lowest BCUT2D eigenvalue weighted by Crippen LogP contribution is -2.63. The number of halogens is 20. The number of carbonyl (C=O) groups is 2. The number of alkyl halides is 10. The van der Waals surface area contributed by atoms with Crippen LogP contribution in [-0.2, 0) is 18.9 Å². The van der Waals surface area contributed by atoms with Crippen molar-refractivity contribution in [2.75, 3.05) is 13.2 Å². The van der Waals surface area contributed by atoms with Crippen molar-refractivity contribution in [3.63, 3.8) is 0 Å². The molecule has 0 bridgehead atoms. The molecule has 2 aromatic carbocycles. The number of rotatable bonds is 8. The summed E-state index contributed by atoms with van der Waals surface area (Å²) in [6, 6.07) is 0. The first-order valence-corrected chi connectivity index (χ1v) is 12.2. The molecule has 6 nitrogen and oxygen atoms in total. The second-order valence-corrected chi connectivity index (χ2v) is 9.54. The van der Waals surface area contributed by atoms with Gasteiger partial charge in [-0.25, -0.2) is 53.5 Å². The number of hydrogen-bond donors (Lipinski definition) is 0. The number of benzene rings is 2. The lowest BCUT2D eigenvalue weighted by Gasteiger charge is -2.41. The summed E-state index contributed by atoms with van der Waals surface area (Å²) in [5.74, 6) is -49.6. The van der Waals surface area contributed by atoms with Crippen molar-refractivity contribution in [1.82, 2.24) is 0 Å². The Kier molecular flexibility index (Phi) is 10.9. The summed E-state index contributed by atoms with van der Waals surface area (Å²) in [5.41, 5.74) is -5.75. The van der Waals surface area contributed by atoms with Crippen molar-refractivity contribution < 1.29 is 116 Å². The van der Waals surface area contributed by atoms with E-state index in [0.29, 0.717) is 0 Å². The highest BCUT2D eigenvalue weighted by atomic mass is 19.4. The van der Waals surface area contributed by atoms with Gasteiger partial charge >= 0.3 is 36.1 Å². The summed E-state index contributed by atoms with van der Waals surface area (Å²) in [7, 11) is 0. The lowest BCUT2D eigenvalue weighted by atomic mass is 10.0. The Labute approximate surface area is 260 Å². The number of ether oxygens (including phenoxy) is 4. The van der Waals surface area contributed by atoms with Crippen molar-refractivity contribution in [1.29, 1.82) is 0 Å². The molecule has 1 saturated heterocycles. The Bertz CT molecular complexity index is 1490. The van der Waals surface area contributed by atoms with E-state index in [9.17, 15) is 79.8 Å². The Morgan fingerprint density at radius 3 is 0.960 bits per heavy atom. The van der Waals surface area contributed by atoms with Crippen molar-refractivity contribution in [2.24, 2.45) is 0 Å². The van der Waals surface area contributed by atoms with E-state index in [4.69, 9.17) is 0 Å². The lowest BCUT2D eigenvalue weighted by molar-refractivity contribution is -0.346. The molecule has 2 aromatic rings. The molecule has 280 valence electrons. The smallest absolute Gasteiger partial charge is 0.431 e. The van der Waals surface area contributed by atoms with Gasteiger partial charge in [0, 0.05) is 0 Å². The molecule has 4 unspecified atom stereocenters. The normalized spacial score (nSPS) is 18.9. The predicted molar refractivity (Wildman–Crippen MR) is 112 cm³/mol. The zero-order valence-electron chi connectivity index (χ0n) is 22.7. The third-order valence-corrected chi connectivity index (χ3v) is 6.30. The zero-order valence-corrected chi connectivity index (χ0v) is 22.7. The van der Waals surface area contributed by atoms with Gasteiger partial charge in [-0.1, -0.05) is 0 Å². The summed E-state index contributed by atoms with van der Waals surface area (Å²) in [4.78, 5) is 23.9. The molecule has 0 aromatic heterocycles. The van der Waals surface area contributed by atoms with Crippen LogP contribution in [0.15, 0.2) is 0 Å². The minimum atomic E-state index is -6.68. The van der Waals surface area contributed by atoms with E-state index in [1.807, 2.05) is 0 Å². The average molecular weight is 772 g/mol. The summed E-state index contributed by atoms with van der Waals surface area (Å²) in [5, 5.41) is 0. The van der Waals surface area contributed by atoms with Crippen LogP contribution in [0, 0.1) is 58.2 Å². The molecule has 0 saturated carbocycles. The SMILES string of the molecule is O=C(OC(C(F)(F)F)C(F)(F)C1COCC(C(F)(F)C(OC(=O)c2c(F)c(F)c(F)c(F)c2F)C(F)(F)F)O1)c1c(F)c(F)c(F)c(F)c1F. The van der Waals surface area contributed by atoms with Gasteiger partial charge in [-0.2, -0.15) is 43.9 Å². The van der Waals surface area contributed by atoms with Crippen LogP contribution in [0.1, 0.15) is 20.7 Å². The third-order valence-electron chi connectivity index (χ3n) is 6.30. The van der Waals surface area contributed by atoms with Gasteiger partial charge in [-0.15, -0.1) is 0 Å². The quantitative estimate of drug-likeness (QED) is 0.125. The highest BCUT2D eigenvalue weighted by molar-refractivity contribution is 5.91. The molecule has 0 aliphatic carbocycles. The molecule has 1 aliphatic rings. The van der Waals surface area contributed by atoms with E-state index >= 15 is 17.6 Å². The van der Waals surface area contributed by atoms with Crippen LogP contribution in [0.5, 0.6) is 0 Å². The molecule has 0 N–H and O–H groups in total. The van der Waals surface area contributed by atoms with Gasteiger partial charge in [0.1, 0.15) is 23.3 Å². The number of hydrogen-bond acceptors (Lipinski definition) is 6. The Hall–Kier alpha value is -4.10. The van der Waals surface area contributed by atoms with Crippen LogP contribution in [-0.4, -0.2) is 73.8 Å². The van der Waals surface area contributed by atoms with Gasteiger partial charge in [0.25, 0.3) is 12.2 Å². The minimum absolute atomic E-state index is 2.03. The molecule has 0 radical (unpaired) electrons. The molecule has 0 spiro atoms. The topological polar surface area (TPSA) is 71.1 Å².